The van der Waals surface area contributed by atoms with Crippen molar-refractivity contribution in [2.75, 3.05) is 5.32 Å². The van der Waals surface area contributed by atoms with Gasteiger partial charge in [0.2, 0.25) is 5.91 Å². The zero-order valence-corrected chi connectivity index (χ0v) is 12.3. The van der Waals surface area contributed by atoms with Crippen LogP contribution >= 0.6 is 11.8 Å². The summed E-state index contributed by atoms with van der Waals surface area (Å²) in [6.07, 6.45) is 1.66. The molecule has 0 bridgehead atoms. The van der Waals surface area contributed by atoms with E-state index in [0.717, 1.165) is 5.03 Å². The van der Waals surface area contributed by atoms with E-state index in [1.54, 1.807) is 37.4 Å². The van der Waals surface area contributed by atoms with Crippen molar-refractivity contribution in [1.82, 2.24) is 10.3 Å². The van der Waals surface area contributed by atoms with Gasteiger partial charge < -0.3 is 5.32 Å². The number of nitrogens with one attached hydrogen (secondary N) is 2. The van der Waals surface area contributed by atoms with Gasteiger partial charge in [0.25, 0.3) is 0 Å². The molecule has 0 aliphatic heterocycles. The number of para-hydroxylation sites is 1. The molecular weight excluding hydrogens is 286 g/mol. The number of carbonyl (C=O) groups is 2. The summed E-state index contributed by atoms with van der Waals surface area (Å²) in [6, 6.07) is 13.9. The Bertz CT molecular complexity index is 605. The van der Waals surface area contributed by atoms with Crippen molar-refractivity contribution >= 4 is 29.4 Å². The molecule has 2 N–H and O–H groups in total. The molecule has 1 aromatic heterocycles. The molecular formula is C15H15N3O2S. The highest BCUT2D eigenvalue weighted by molar-refractivity contribution is 8.00. The molecule has 3 amide bonds. The molecule has 0 aliphatic rings. The first kappa shape index (κ1) is 15.1. The zero-order chi connectivity index (χ0) is 15.1. The molecule has 0 saturated carbocycles. The van der Waals surface area contributed by atoms with Crippen LogP contribution in [0.1, 0.15) is 6.92 Å². The van der Waals surface area contributed by atoms with E-state index >= 15 is 0 Å². The zero-order valence-electron chi connectivity index (χ0n) is 11.4. The Morgan fingerprint density at radius 1 is 1.10 bits per heavy atom. The SMILES string of the molecule is CC(Sc1ccccn1)C(=O)NC(=O)Nc1ccccc1. The molecule has 1 aromatic carbocycles. The lowest BCUT2D eigenvalue weighted by molar-refractivity contribution is -0.119. The standard InChI is InChI=1S/C15H15N3O2S/c1-11(21-13-9-5-6-10-16-13)14(19)18-15(20)17-12-7-3-2-4-8-12/h2-11H,1H3,(H2,17,18,19,20). The van der Waals surface area contributed by atoms with Crippen molar-refractivity contribution in [3.8, 4) is 0 Å². The molecule has 0 radical (unpaired) electrons. The van der Waals surface area contributed by atoms with Crippen molar-refractivity contribution in [1.29, 1.82) is 0 Å². The predicted octanol–water partition coefficient (Wildman–Crippen LogP) is 2.91. The second kappa shape index (κ2) is 7.44. The molecule has 2 aromatic rings. The van der Waals surface area contributed by atoms with Gasteiger partial charge in [0.05, 0.1) is 10.3 Å². The Kier molecular flexibility index (Phi) is 5.34. The number of imide groups is 1. The summed E-state index contributed by atoms with van der Waals surface area (Å²) in [6.45, 7) is 1.73. The van der Waals surface area contributed by atoms with E-state index in [2.05, 4.69) is 15.6 Å². The molecule has 5 nitrogen and oxygen atoms in total. The number of amides is 3. The Hall–Kier alpha value is -2.34. The number of pyridine rings is 1. The number of nitrogens with zero attached hydrogens (tertiary/aromatic N) is 1. The average molecular weight is 301 g/mol. The first-order valence-electron chi connectivity index (χ1n) is 6.40. The minimum atomic E-state index is -0.542. The Morgan fingerprint density at radius 2 is 1.81 bits per heavy atom. The number of carbonyl (C=O) groups excluding carboxylic acids is 2. The maximum Gasteiger partial charge on any atom is 0.325 e. The monoisotopic (exact) mass is 301 g/mol. The van der Waals surface area contributed by atoms with Crippen LogP contribution in [0.3, 0.4) is 0 Å². The van der Waals surface area contributed by atoms with Gasteiger partial charge in [-0.2, -0.15) is 0 Å². The number of rotatable bonds is 4. The van der Waals surface area contributed by atoms with Crippen LogP contribution in [0.4, 0.5) is 10.5 Å². The van der Waals surface area contributed by atoms with Gasteiger partial charge in [-0.1, -0.05) is 36.0 Å². The number of thioether (sulfide) groups is 1. The summed E-state index contributed by atoms with van der Waals surface area (Å²) >= 11 is 1.30. The summed E-state index contributed by atoms with van der Waals surface area (Å²) in [7, 11) is 0. The molecule has 2 rings (SSSR count). The van der Waals surface area contributed by atoms with E-state index in [0.29, 0.717) is 5.69 Å². The Labute approximate surface area is 127 Å². The smallest absolute Gasteiger partial charge is 0.308 e. The fourth-order valence-corrected chi connectivity index (χ4v) is 2.36. The van der Waals surface area contributed by atoms with E-state index in [1.165, 1.54) is 11.8 Å². The van der Waals surface area contributed by atoms with Crippen LogP contribution in [0.2, 0.25) is 0 Å². The molecule has 1 atom stereocenters. The quantitative estimate of drug-likeness (QED) is 0.852. The van der Waals surface area contributed by atoms with Gasteiger partial charge in [-0.05, 0) is 31.2 Å². The fourth-order valence-electron chi connectivity index (χ4n) is 1.55. The van der Waals surface area contributed by atoms with Gasteiger partial charge in [-0.3, -0.25) is 10.1 Å². The molecule has 0 saturated heterocycles. The first-order chi connectivity index (χ1) is 10.1. The van der Waals surface area contributed by atoms with Gasteiger partial charge in [0, 0.05) is 11.9 Å². The number of hydrogen-bond acceptors (Lipinski definition) is 4. The maximum absolute atomic E-state index is 11.9. The second-order valence-electron chi connectivity index (χ2n) is 4.24. The lowest BCUT2D eigenvalue weighted by Crippen LogP contribution is -2.38. The molecule has 0 aliphatic carbocycles. The number of anilines is 1. The number of aromatic nitrogens is 1. The molecule has 0 fully saturated rings. The van der Waals surface area contributed by atoms with Crippen LogP contribution in [-0.4, -0.2) is 22.2 Å². The van der Waals surface area contributed by atoms with E-state index in [1.807, 2.05) is 24.3 Å². The molecule has 0 spiro atoms. The number of hydrogen-bond donors (Lipinski definition) is 2. The van der Waals surface area contributed by atoms with Crippen LogP contribution < -0.4 is 10.6 Å². The minimum Gasteiger partial charge on any atom is -0.308 e. The number of urea groups is 1. The molecule has 6 heteroatoms. The van der Waals surface area contributed by atoms with E-state index < -0.39 is 11.3 Å². The van der Waals surface area contributed by atoms with Gasteiger partial charge in [0.1, 0.15) is 0 Å². The first-order valence-corrected chi connectivity index (χ1v) is 7.27. The van der Waals surface area contributed by atoms with Gasteiger partial charge in [-0.25, -0.2) is 9.78 Å². The van der Waals surface area contributed by atoms with Gasteiger partial charge in [0.15, 0.2) is 0 Å². The van der Waals surface area contributed by atoms with Crippen LogP contribution in [-0.2, 0) is 4.79 Å². The summed E-state index contributed by atoms with van der Waals surface area (Å²) in [5.74, 6) is -0.362. The average Bonchev–Trinajstić information content (AvgIpc) is 2.49. The van der Waals surface area contributed by atoms with E-state index in [9.17, 15) is 9.59 Å². The summed E-state index contributed by atoms with van der Waals surface area (Å²) < 4.78 is 0. The van der Waals surface area contributed by atoms with Crippen LogP contribution in [0.25, 0.3) is 0 Å². The van der Waals surface area contributed by atoms with Crippen molar-refractivity contribution in [3.63, 3.8) is 0 Å². The van der Waals surface area contributed by atoms with E-state index in [4.69, 9.17) is 0 Å². The van der Waals surface area contributed by atoms with Crippen LogP contribution in [0.5, 0.6) is 0 Å². The van der Waals surface area contributed by atoms with Gasteiger partial charge >= 0.3 is 6.03 Å². The van der Waals surface area contributed by atoms with Crippen molar-refractivity contribution < 1.29 is 9.59 Å². The summed E-state index contributed by atoms with van der Waals surface area (Å²) in [5, 5.41) is 5.23. The lowest BCUT2D eigenvalue weighted by atomic mass is 10.3. The molecule has 108 valence electrons. The molecule has 21 heavy (non-hydrogen) atoms. The topological polar surface area (TPSA) is 71.1 Å². The summed E-state index contributed by atoms with van der Waals surface area (Å²) in [4.78, 5) is 27.8. The highest BCUT2D eigenvalue weighted by Crippen LogP contribution is 2.20. The lowest BCUT2D eigenvalue weighted by Gasteiger charge is -2.11. The fraction of sp³-hybridized carbons (Fsp3) is 0.133. The van der Waals surface area contributed by atoms with Crippen molar-refractivity contribution in [2.45, 2.75) is 17.2 Å². The Morgan fingerprint density at radius 3 is 2.48 bits per heavy atom. The maximum atomic E-state index is 11.9. The molecule has 1 heterocycles. The Balaban J connectivity index is 1.84. The minimum absolute atomic E-state index is 0.362. The summed E-state index contributed by atoms with van der Waals surface area (Å²) in [5.41, 5.74) is 0.632. The third-order valence-electron chi connectivity index (χ3n) is 2.57. The van der Waals surface area contributed by atoms with E-state index in [-0.39, 0.29) is 5.91 Å². The largest absolute Gasteiger partial charge is 0.325 e. The molecule has 1 unspecified atom stereocenters. The van der Waals surface area contributed by atoms with Crippen LogP contribution in [0, 0.1) is 0 Å². The van der Waals surface area contributed by atoms with Crippen molar-refractivity contribution in [2.24, 2.45) is 0 Å². The van der Waals surface area contributed by atoms with Gasteiger partial charge in [-0.15, -0.1) is 0 Å². The third-order valence-corrected chi connectivity index (χ3v) is 3.62. The predicted molar refractivity (Wildman–Crippen MR) is 83.2 cm³/mol. The van der Waals surface area contributed by atoms with Crippen LogP contribution in [0.15, 0.2) is 59.8 Å². The highest BCUT2D eigenvalue weighted by Gasteiger charge is 2.17. The third kappa shape index (κ3) is 4.92. The number of benzene rings is 1. The van der Waals surface area contributed by atoms with Crippen molar-refractivity contribution in [3.05, 3.63) is 54.7 Å². The highest BCUT2D eigenvalue weighted by atomic mass is 32.2. The normalized spacial score (nSPS) is 11.5. The second-order valence-corrected chi connectivity index (χ2v) is 5.60.